The number of amides is 2. The zero-order chi connectivity index (χ0) is 40.9. The number of anilines is 4. The summed E-state index contributed by atoms with van der Waals surface area (Å²) < 4.78 is 29.3. The first-order chi connectivity index (χ1) is 27.5. The molecule has 6 rings (SSSR count). The highest BCUT2D eigenvalue weighted by molar-refractivity contribution is 5.95. The largest absolute Gasteiger partial charge is 0.373 e. The van der Waals surface area contributed by atoms with Crippen LogP contribution in [-0.2, 0) is 36.5 Å². The highest BCUT2D eigenvalue weighted by atomic mass is 19.1. The van der Waals surface area contributed by atoms with Crippen molar-refractivity contribution in [2.45, 2.75) is 24.9 Å². The zero-order valence-electron chi connectivity index (χ0n) is 31.8. The van der Waals surface area contributed by atoms with Gasteiger partial charge in [0.1, 0.15) is 34.9 Å². The van der Waals surface area contributed by atoms with Gasteiger partial charge >= 0.3 is 0 Å². The first kappa shape index (κ1) is 41.1. The number of halogens is 2. The Hall–Kier alpha value is -7.03. The van der Waals surface area contributed by atoms with Crippen molar-refractivity contribution >= 4 is 35.1 Å². The first-order valence-corrected chi connectivity index (χ1v) is 17.8. The summed E-state index contributed by atoms with van der Waals surface area (Å²) in [4.78, 5) is 33.6. The van der Waals surface area contributed by atoms with Crippen molar-refractivity contribution in [2.24, 2.45) is 19.8 Å². The van der Waals surface area contributed by atoms with Gasteiger partial charge in [-0.05, 0) is 72.5 Å². The molecule has 4 heterocycles. The Kier molecular flexibility index (Phi) is 14.1. The fraction of sp³-hybridized carbons (Fsp3) is 0.225. The quantitative estimate of drug-likeness (QED) is 0.0851. The first-order valence-electron chi connectivity index (χ1n) is 17.8. The second kappa shape index (κ2) is 19.5. The Morgan fingerprint density at radius 1 is 0.719 bits per heavy atom. The molecule has 2 aromatic carbocycles. The summed E-state index contributed by atoms with van der Waals surface area (Å²) in [7, 11) is 7.05. The Bertz CT molecular complexity index is 2320. The van der Waals surface area contributed by atoms with E-state index in [4.69, 9.17) is 11.0 Å². The van der Waals surface area contributed by atoms with Gasteiger partial charge in [0.05, 0.1) is 36.1 Å². The highest BCUT2D eigenvalue weighted by Crippen LogP contribution is 2.24. The van der Waals surface area contributed by atoms with Gasteiger partial charge in [0.15, 0.2) is 0 Å². The topological polar surface area (TPSA) is 206 Å². The predicted molar refractivity (Wildman–Crippen MR) is 215 cm³/mol. The van der Waals surface area contributed by atoms with E-state index in [9.17, 15) is 18.4 Å². The molecule has 2 atom stereocenters. The number of benzene rings is 2. The molecule has 15 nitrogen and oxygen atoms in total. The van der Waals surface area contributed by atoms with E-state index in [-0.39, 0.29) is 30.0 Å². The second-order valence-corrected chi connectivity index (χ2v) is 12.8. The van der Waals surface area contributed by atoms with Gasteiger partial charge < -0.3 is 27.0 Å². The van der Waals surface area contributed by atoms with Crippen LogP contribution in [0.1, 0.15) is 11.1 Å². The molecule has 0 bridgehead atoms. The maximum Gasteiger partial charge on any atom is 0.243 e. The van der Waals surface area contributed by atoms with Crippen LogP contribution in [0.3, 0.4) is 0 Å². The van der Waals surface area contributed by atoms with Crippen LogP contribution in [0, 0.1) is 23.0 Å². The molecule has 294 valence electrons. The Morgan fingerprint density at radius 2 is 1.18 bits per heavy atom. The maximum absolute atomic E-state index is 13.2. The number of aryl methyl sites for hydroxylation is 2. The molecule has 0 spiro atoms. The van der Waals surface area contributed by atoms with Gasteiger partial charge in [0.2, 0.25) is 11.8 Å². The van der Waals surface area contributed by atoms with Crippen LogP contribution in [0.2, 0.25) is 0 Å². The third-order valence-corrected chi connectivity index (χ3v) is 8.69. The Morgan fingerprint density at radius 3 is 1.63 bits per heavy atom. The van der Waals surface area contributed by atoms with Crippen molar-refractivity contribution in [2.75, 3.05) is 41.9 Å². The monoisotopic (exact) mass is 775 g/mol. The number of carbonyl (C=O) groups is 2. The Balaban J connectivity index is 0.000000219. The van der Waals surface area contributed by atoms with Crippen LogP contribution in [0.4, 0.5) is 32.1 Å². The van der Waals surface area contributed by atoms with Crippen LogP contribution in [0.5, 0.6) is 0 Å². The minimum atomic E-state index is -0.759. The lowest BCUT2D eigenvalue weighted by Gasteiger charge is -2.17. The number of hydrogen-bond acceptors (Lipinski definition) is 11. The summed E-state index contributed by atoms with van der Waals surface area (Å²) in [5.41, 5.74) is 10.7. The molecule has 0 radical (unpaired) electrons. The number of nitrogens with zero attached hydrogens (tertiary/aromatic N) is 7. The molecule has 0 unspecified atom stereocenters. The zero-order valence-corrected chi connectivity index (χ0v) is 31.8. The summed E-state index contributed by atoms with van der Waals surface area (Å²) in [6.45, 7) is 0.0136. The van der Waals surface area contributed by atoms with Gasteiger partial charge in [-0.15, -0.1) is 0 Å². The van der Waals surface area contributed by atoms with E-state index in [1.807, 2.05) is 30.3 Å². The van der Waals surface area contributed by atoms with E-state index in [1.54, 1.807) is 86.3 Å². The number of rotatable bonds is 14. The number of nitriles is 1. The van der Waals surface area contributed by atoms with Crippen LogP contribution in [0.15, 0.2) is 97.3 Å². The number of nitrogens with one attached hydrogen (secondary N) is 5. The number of pyridine rings is 2. The third kappa shape index (κ3) is 11.5. The minimum Gasteiger partial charge on any atom is -0.373 e. The number of hydrogen-bond donors (Lipinski definition) is 6. The molecular weight excluding hydrogens is 733 g/mol. The van der Waals surface area contributed by atoms with Gasteiger partial charge in [0.25, 0.3) is 0 Å². The van der Waals surface area contributed by atoms with Gasteiger partial charge in [-0.1, -0.05) is 24.3 Å². The lowest BCUT2D eigenvalue weighted by Crippen LogP contribution is -2.42. The highest BCUT2D eigenvalue weighted by Gasteiger charge is 2.21. The fourth-order valence-corrected chi connectivity index (χ4v) is 5.59. The molecule has 0 fully saturated rings. The van der Waals surface area contributed by atoms with Crippen LogP contribution >= 0.6 is 0 Å². The van der Waals surface area contributed by atoms with E-state index >= 15 is 0 Å². The molecule has 7 N–H and O–H groups in total. The molecule has 2 amide bonds. The molecule has 57 heavy (non-hydrogen) atoms. The fourth-order valence-electron chi connectivity index (χ4n) is 5.59. The van der Waals surface area contributed by atoms with Crippen molar-refractivity contribution < 1.29 is 18.4 Å². The van der Waals surface area contributed by atoms with Crippen molar-refractivity contribution in [1.29, 1.82) is 5.26 Å². The van der Waals surface area contributed by atoms with Crippen molar-refractivity contribution in [1.82, 2.24) is 34.8 Å². The van der Waals surface area contributed by atoms with E-state index in [0.29, 0.717) is 41.7 Å². The average molecular weight is 776 g/mol. The molecule has 0 aliphatic carbocycles. The van der Waals surface area contributed by atoms with Crippen molar-refractivity contribution in [3.8, 4) is 28.6 Å². The molecule has 0 aliphatic heterocycles. The average Bonchev–Trinajstić information content (AvgIpc) is 3.78. The summed E-state index contributed by atoms with van der Waals surface area (Å²) in [5, 5.41) is 32.3. The SMILES string of the molecule is CNc1cc(-c2cc(NC(=O)[C@@H](N)Cc3ccc(F)cc3)n(C)n2)ccn1.CNc1cc(-c2cc(NC(=O)[C@H](Cc3ccc(F)cc3)NCC#N)n(C)n2)ccn1. The Labute approximate surface area is 328 Å². The molecular formula is C40H43F2N13O2. The number of aromatic nitrogens is 6. The van der Waals surface area contributed by atoms with Crippen molar-refractivity contribution in [3.05, 3.63) is 120 Å². The molecule has 0 saturated carbocycles. The predicted octanol–water partition coefficient (Wildman–Crippen LogP) is 4.50. The lowest BCUT2D eigenvalue weighted by molar-refractivity contribution is -0.118. The van der Waals surface area contributed by atoms with E-state index in [1.165, 1.54) is 24.3 Å². The van der Waals surface area contributed by atoms with Gasteiger partial charge in [-0.2, -0.15) is 15.5 Å². The molecule has 0 saturated heterocycles. The lowest BCUT2D eigenvalue weighted by atomic mass is 10.1. The van der Waals surface area contributed by atoms with E-state index in [0.717, 1.165) is 28.1 Å². The number of nitrogens with two attached hydrogens (primary N) is 1. The summed E-state index contributed by atoms with van der Waals surface area (Å²) >= 11 is 0. The van der Waals surface area contributed by atoms with Crippen LogP contribution in [0.25, 0.3) is 22.5 Å². The summed E-state index contributed by atoms with van der Waals surface area (Å²) in [6, 6.07) is 23.4. The van der Waals surface area contributed by atoms with E-state index < -0.39 is 12.1 Å². The van der Waals surface area contributed by atoms with Crippen molar-refractivity contribution in [3.63, 3.8) is 0 Å². The molecule has 4 aromatic heterocycles. The standard InChI is InChI=1S/C21H22FN7O.C19H21FN6O/c1-24-19-12-15(7-9-26-19)17-13-20(29(2)28-17)27-21(30)18(25-10-8-23)11-14-3-5-16(22)6-4-14;1-22-17-10-13(7-8-23-17)16-11-18(26(2)25-16)24-19(27)15(21)9-12-3-5-14(20)6-4-12/h3-7,9,12-13,18,25H,10-11H2,1-2H3,(H,24,26)(H,27,30);3-8,10-11,15H,9,21H2,1-2H3,(H,22,23)(H,24,27)/t18-;15-/m00/s1. The molecule has 6 aromatic rings. The van der Waals surface area contributed by atoms with Gasteiger partial charge in [-0.25, -0.2) is 18.7 Å². The second-order valence-electron chi connectivity index (χ2n) is 12.8. The maximum atomic E-state index is 13.2. The van der Waals surface area contributed by atoms with E-state index in [2.05, 4.69) is 46.7 Å². The third-order valence-electron chi connectivity index (χ3n) is 8.69. The minimum absolute atomic E-state index is 0.0136. The van der Waals surface area contributed by atoms with Gasteiger partial charge in [-0.3, -0.25) is 24.3 Å². The normalized spacial score (nSPS) is 11.7. The molecule has 0 aliphatic rings. The number of carbonyl (C=O) groups excluding carboxylic acids is 2. The smallest absolute Gasteiger partial charge is 0.243 e. The van der Waals surface area contributed by atoms with Crippen LogP contribution < -0.4 is 32.3 Å². The van der Waals surface area contributed by atoms with Crippen LogP contribution in [-0.4, -0.2) is 74.1 Å². The van der Waals surface area contributed by atoms with Gasteiger partial charge in [0, 0.05) is 63.8 Å². The molecule has 17 heteroatoms. The summed E-state index contributed by atoms with van der Waals surface area (Å²) in [6.07, 6.45) is 3.99. The summed E-state index contributed by atoms with van der Waals surface area (Å²) in [5.74, 6) is 1.18.